The van der Waals surface area contributed by atoms with E-state index in [1.54, 1.807) is 0 Å². The van der Waals surface area contributed by atoms with Crippen LogP contribution in [0.15, 0.2) is 0 Å². The van der Waals surface area contributed by atoms with E-state index in [1.165, 1.54) is 57.8 Å². The predicted molar refractivity (Wildman–Crippen MR) is 74.2 cm³/mol. The molecule has 0 unspecified atom stereocenters. The van der Waals surface area contributed by atoms with Crippen LogP contribution in [0.5, 0.6) is 0 Å². The molecule has 0 aliphatic carbocycles. The van der Waals surface area contributed by atoms with Crippen molar-refractivity contribution < 1.29 is 0 Å². The number of rotatable bonds is 10. The van der Waals surface area contributed by atoms with Gasteiger partial charge < -0.3 is 0 Å². The molecule has 0 nitrogen and oxygen atoms in total. The van der Waals surface area contributed by atoms with Gasteiger partial charge in [0.25, 0.3) is 0 Å². The van der Waals surface area contributed by atoms with Crippen molar-refractivity contribution >= 4 is 0 Å². The minimum absolute atomic E-state index is 1.09. The van der Waals surface area contributed by atoms with Crippen LogP contribution in [0.1, 0.15) is 84.0 Å². The van der Waals surface area contributed by atoms with Gasteiger partial charge in [-0.15, -0.1) is 11.8 Å². The van der Waals surface area contributed by atoms with Gasteiger partial charge >= 0.3 is 0 Å². The highest BCUT2D eigenvalue weighted by atomic mass is 13.9. The molecule has 0 spiro atoms. The Morgan fingerprint density at radius 3 is 1.75 bits per heavy atom. The summed E-state index contributed by atoms with van der Waals surface area (Å²) in [5, 5.41) is 0. The summed E-state index contributed by atoms with van der Waals surface area (Å²) in [6.07, 6.45) is 15.3. The Balaban J connectivity index is 3.03. The van der Waals surface area contributed by atoms with Crippen molar-refractivity contribution in [3.63, 3.8) is 0 Å². The predicted octanol–water partition coefficient (Wildman–Crippen LogP) is 5.52. The molecule has 0 aromatic carbocycles. The molecular weight excluding hydrogens is 192 g/mol. The van der Waals surface area contributed by atoms with Crippen LogP contribution < -0.4 is 0 Å². The van der Waals surface area contributed by atoms with Crippen LogP contribution in [-0.4, -0.2) is 0 Å². The summed E-state index contributed by atoms with van der Waals surface area (Å²) in [5.74, 6) is 6.58. The Kier molecular flexibility index (Phi) is 14.2. The second kappa shape index (κ2) is 14.6. The van der Waals surface area contributed by atoms with E-state index >= 15 is 0 Å². The van der Waals surface area contributed by atoms with Gasteiger partial charge in [0.15, 0.2) is 0 Å². The van der Waals surface area contributed by atoms with Crippen molar-refractivity contribution in [3.8, 4) is 11.8 Å². The molecule has 0 saturated carbocycles. The van der Waals surface area contributed by atoms with Crippen LogP contribution in [0.4, 0.5) is 0 Å². The summed E-state index contributed by atoms with van der Waals surface area (Å²) in [6, 6.07) is 0. The second-order valence-corrected chi connectivity index (χ2v) is 4.54. The molecule has 0 N–H and O–H groups in total. The molecule has 0 rings (SSSR count). The normalized spacial score (nSPS) is 9.88. The molecule has 0 aliphatic rings. The van der Waals surface area contributed by atoms with E-state index in [4.69, 9.17) is 0 Å². The van der Waals surface area contributed by atoms with Crippen molar-refractivity contribution in [2.45, 2.75) is 84.0 Å². The molecule has 0 aromatic rings. The SMILES string of the molecule is [CH2]CCCCCCCC#CCCCCCC. The molecule has 0 atom stereocenters. The zero-order valence-corrected chi connectivity index (χ0v) is 11.2. The lowest BCUT2D eigenvalue weighted by Crippen LogP contribution is -1.78. The molecular formula is C16H29. The zero-order chi connectivity index (χ0) is 11.9. The molecule has 0 heterocycles. The Morgan fingerprint density at radius 2 is 1.19 bits per heavy atom. The summed E-state index contributed by atoms with van der Waals surface area (Å²) in [5.41, 5.74) is 0. The standard InChI is InChI=1S/C16H29/c1-3-5-7-9-11-13-15-16-14-12-10-8-6-4-2/h1,3-13,15H2,2H3. The van der Waals surface area contributed by atoms with Crippen LogP contribution in [0.3, 0.4) is 0 Å². The molecule has 1 radical (unpaired) electrons. The molecule has 0 heteroatoms. The third kappa shape index (κ3) is 13.6. The first-order valence-electron chi connectivity index (χ1n) is 7.16. The van der Waals surface area contributed by atoms with Gasteiger partial charge in [-0.2, -0.15) is 0 Å². The fraction of sp³-hybridized carbons (Fsp3) is 0.812. The van der Waals surface area contributed by atoms with E-state index in [-0.39, 0.29) is 0 Å². The molecule has 93 valence electrons. The van der Waals surface area contributed by atoms with Gasteiger partial charge in [-0.05, 0) is 12.8 Å². The number of hydrogen-bond donors (Lipinski definition) is 0. The first-order valence-corrected chi connectivity index (χ1v) is 7.16. The Labute approximate surface area is 103 Å². The van der Waals surface area contributed by atoms with Crippen LogP contribution >= 0.6 is 0 Å². The zero-order valence-electron chi connectivity index (χ0n) is 11.2. The van der Waals surface area contributed by atoms with Crippen LogP contribution in [0.25, 0.3) is 0 Å². The minimum Gasteiger partial charge on any atom is -0.103 e. The van der Waals surface area contributed by atoms with E-state index in [0.717, 1.165) is 19.3 Å². The molecule has 0 saturated heterocycles. The summed E-state index contributed by atoms with van der Waals surface area (Å²) in [7, 11) is 0. The van der Waals surface area contributed by atoms with E-state index in [9.17, 15) is 0 Å². The van der Waals surface area contributed by atoms with E-state index < -0.39 is 0 Å². The highest BCUT2D eigenvalue weighted by Gasteiger charge is 1.88. The second-order valence-electron chi connectivity index (χ2n) is 4.54. The third-order valence-electron chi connectivity index (χ3n) is 2.83. The van der Waals surface area contributed by atoms with Crippen LogP contribution in [0.2, 0.25) is 0 Å². The lowest BCUT2D eigenvalue weighted by Gasteiger charge is -1.96. The maximum Gasteiger partial charge on any atom is 0.00886 e. The van der Waals surface area contributed by atoms with Crippen molar-refractivity contribution in [1.29, 1.82) is 0 Å². The maximum absolute atomic E-state index is 3.85. The molecule has 0 fully saturated rings. The quantitative estimate of drug-likeness (QED) is 0.336. The first-order chi connectivity index (χ1) is 7.91. The largest absolute Gasteiger partial charge is 0.103 e. The van der Waals surface area contributed by atoms with Crippen molar-refractivity contribution in [2.75, 3.05) is 0 Å². The van der Waals surface area contributed by atoms with E-state index in [1.807, 2.05) is 0 Å². The average molecular weight is 221 g/mol. The molecule has 0 aliphatic heterocycles. The first kappa shape index (κ1) is 15.6. The van der Waals surface area contributed by atoms with Gasteiger partial charge in [-0.1, -0.05) is 65.2 Å². The summed E-state index contributed by atoms with van der Waals surface area (Å²) >= 11 is 0. The van der Waals surface area contributed by atoms with Gasteiger partial charge in [0.2, 0.25) is 0 Å². The molecule has 0 bridgehead atoms. The lowest BCUT2D eigenvalue weighted by atomic mass is 10.1. The Bertz CT molecular complexity index is 170. The Morgan fingerprint density at radius 1 is 0.688 bits per heavy atom. The number of unbranched alkanes of at least 4 members (excludes halogenated alkanes) is 10. The molecule has 0 aromatic heterocycles. The summed E-state index contributed by atoms with van der Waals surface area (Å²) in [4.78, 5) is 0. The number of hydrogen-bond acceptors (Lipinski definition) is 0. The third-order valence-corrected chi connectivity index (χ3v) is 2.83. The van der Waals surface area contributed by atoms with Crippen LogP contribution in [-0.2, 0) is 0 Å². The lowest BCUT2D eigenvalue weighted by molar-refractivity contribution is 0.624. The fourth-order valence-electron chi connectivity index (χ4n) is 1.74. The summed E-state index contributed by atoms with van der Waals surface area (Å²) in [6.45, 7) is 6.10. The maximum atomic E-state index is 3.85. The van der Waals surface area contributed by atoms with Gasteiger partial charge in [-0.25, -0.2) is 0 Å². The topological polar surface area (TPSA) is 0 Å². The van der Waals surface area contributed by atoms with Gasteiger partial charge in [0.05, 0.1) is 0 Å². The van der Waals surface area contributed by atoms with Crippen LogP contribution in [0, 0.1) is 18.8 Å². The molecule has 0 amide bonds. The summed E-state index contributed by atoms with van der Waals surface area (Å²) < 4.78 is 0. The van der Waals surface area contributed by atoms with Gasteiger partial charge in [-0.3, -0.25) is 0 Å². The van der Waals surface area contributed by atoms with E-state index in [2.05, 4.69) is 25.7 Å². The highest BCUT2D eigenvalue weighted by Crippen LogP contribution is 2.06. The van der Waals surface area contributed by atoms with E-state index in [0.29, 0.717) is 0 Å². The van der Waals surface area contributed by atoms with Crippen molar-refractivity contribution in [3.05, 3.63) is 6.92 Å². The van der Waals surface area contributed by atoms with Crippen molar-refractivity contribution in [1.82, 2.24) is 0 Å². The molecule has 16 heavy (non-hydrogen) atoms. The smallest absolute Gasteiger partial charge is 0.00886 e. The monoisotopic (exact) mass is 221 g/mol. The fourth-order valence-corrected chi connectivity index (χ4v) is 1.74. The van der Waals surface area contributed by atoms with Crippen molar-refractivity contribution in [2.24, 2.45) is 0 Å². The Hall–Kier alpha value is -0.440. The highest BCUT2D eigenvalue weighted by molar-refractivity contribution is 4.98. The van der Waals surface area contributed by atoms with Gasteiger partial charge in [0.1, 0.15) is 0 Å². The average Bonchev–Trinajstić information content (AvgIpc) is 2.31. The minimum atomic E-state index is 1.09. The van der Waals surface area contributed by atoms with Gasteiger partial charge in [0, 0.05) is 12.8 Å².